The van der Waals surface area contributed by atoms with Crippen LogP contribution >= 0.6 is 11.3 Å². The Morgan fingerprint density at radius 2 is 1.88 bits per heavy atom. The smallest absolute Gasteiger partial charge is 0.236 e. The van der Waals surface area contributed by atoms with Crippen molar-refractivity contribution in [3.63, 3.8) is 0 Å². The topological polar surface area (TPSA) is 70.2 Å². The standard InChI is InChI=1S/C23H31N3O4S2/c27-23(18-24(16-21-8-4-14-30-21)17-22-9-5-15-31-22)25-10-12-26(13-11-25)32(28,29)19-20-6-2-1-3-7-20/h1-3,5-7,9,15,21H,4,8,10-14,16-19H2. The van der Waals surface area contributed by atoms with Crippen LogP contribution in [0.15, 0.2) is 47.8 Å². The van der Waals surface area contributed by atoms with E-state index in [1.807, 2.05) is 36.4 Å². The molecule has 174 valence electrons. The molecular weight excluding hydrogens is 446 g/mol. The number of piperazine rings is 1. The van der Waals surface area contributed by atoms with Crippen LogP contribution < -0.4 is 0 Å². The van der Waals surface area contributed by atoms with Gasteiger partial charge in [0.15, 0.2) is 0 Å². The third-order valence-electron chi connectivity index (χ3n) is 5.98. The van der Waals surface area contributed by atoms with E-state index in [9.17, 15) is 13.2 Å². The molecule has 2 saturated heterocycles. The fourth-order valence-electron chi connectivity index (χ4n) is 4.27. The maximum Gasteiger partial charge on any atom is 0.236 e. The van der Waals surface area contributed by atoms with Gasteiger partial charge in [-0.15, -0.1) is 11.3 Å². The van der Waals surface area contributed by atoms with E-state index in [-0.39, 0.29) is 17.8 Å². The Kier molecular flexibility index (Phi) is 7.96. The summed E-state index contributed by atoms with van der Waals surface area (Å²) < 4.78 is 32.9. The monoisotopic (exact) mass is 477 g/mol. The molecule has 0 saturated carbocycles. The summed E-state index contributed by atoms with van der Waals surface area (Å²) in [5, 5.41) is 2.05. The van der Waals surface area contributed by atoms with Crippen molar-refractivity contribution in [3.05, 3.63) is 58.3 Å². The Morgan fingerprint density at radius 1 is 1.09 bits per heavy atom. The van der Waals surface area contributed by atoms with Crippen LogP contribution in [0.3, 0.4) is 0 Å². The van der Waals surface area contributed by atoms with Crippen LogP contribution in [0.5, 0.6) is 0 Å². The zero-order valence-corrected chi connectivity index (χ0v) is 19.9. The number of sulfonamides is 1. The average molecular weight is 478 g/mol. The second kappa shape index (κ2) is 10.9. The van der Waals surface area contributed by atoms with E-state index in [1.54, 1.807) is 16.2 Å². The molecule has 1 aromatic carbocycles. The Balaban J connectivity index is 1.31. The van der Waals surface area contributed by atoms with Crippen LogP contribution in [0.4, 0.5) is 0 Å². The lowest BCUT2D eigenvalue weighted by atomic mass is 10.2. The van der Waals surface area contributed by atoms with E-state index in [0.717, 1.165) is 38.1 Å². The van der Waals surface area contributed by atoms with Crippen molar-refractivity contribution in [3.8, 4) is 0 Å². The molecule has 2 aliphatic heterocycles. The van der Waals surface area contributed by atoms with Gasteiger partial charge in [-0.1, -0.05) is 36.4 Å². The normalized spacial score (nSPS) is 20.2. The molecule has 1 unspecified atom stereocenters. The summed E-state index contributed by atoms with van der Waals surface area (Å²) in [6.45, 7) is 4.15. The number of ether oxygens (including phenoxy) is 1. The fraction of sp³-hybridized carbons (Fsp3) is 0.522. The quantitative estimate of drug-likeness (QED) is 0.555. The van der Waals surface area contributed by atoms with Gasteiger partial charge in [0.05, 0.1) is 18.4 Å². The lowest BCUT2D eigenvalue weighted by Gasteiger charge is -2.35. The first-order chi connectivity index (χ1) is 15.5. The highest BCUT2D eigenvalue weighted by molar-refractivity contribution is 7.88. The van der Waals surface area contributed by atoms with Crippen LogP contribution in [-0.4, -0.2) is 80.4 Å². The molecule has 0 bridgehead atoms. The number of hydrogen-bond acceptors (Lipinski definition) is 6. The number of thiophene rings is 1. The van der Waals surface area contributed by atoms with Crippen molar-refractivity contribution >= 4 is 27.3 Å². The van der Waals surface area contributed by atoms with Gasteiger partial charge >= 0.3 is 0 Å². The Labute approximate surface area is 194 Å². The van der Waals surface area contributed by atoms with Crippen LogP contribution in [0.25, 0.3) is 0 Å². The van der Waals surface area contributed by atoms with E-state index in [4.69, 9.17) is 4.74 Å². The predicted octanol–water partition coefficient (Wildman–Crippen LogP) is 2.40. The van der Waals surface area contributed by atoms with Crippen LogP contribution in [0.1, 0.15) is 23.3 Å². The van der Waals surface area contributed by atoms with Gasteiger partial charge in [-0.25, -0.2) is 8.42 Å². The fourth-order valence-corrected chi connectivity index (χ4v) is 6.53. The summed E-state index contributed by atoms with van der Waals surface area (Å²) in [6, 6.07) is 13.3. The van der Waals surface area contributed by atoms with Gasteiger partial charge in [-0.3, -0.25) is 9.69 Å². The summed E-state index contributed by atoms with van der Waals surface area (Å²) in [7, 11) is -3.39. The number of benzene rings is 1. The van der Waals surface area contributed by atoms with Crippen LogP contribution in [0.2, 0.25) is 0 Å². The molecule has 3 heterocycles. The largest absolute Gasteiger partial charge is 0.377 e. The molecule has 0 spiro atoms. The molecule has 1 aromatic heterocycles. The van der Waals surface area contributed by atoms with Gasteiger partial charge in [0.25, 0.3) is 0 Å². The van der Waals surface area contributed by atoms with Gasteiger partial charge in [0.1, 0.15) is 0 Å². The number of hydrogen-bond donors (Lipinski definition) is 0. The zero-order valence-electron chi connectivity index (χ0n) is 18.3. The summed E-state index contributed by atoms with van der Waals surface area (Å²) >= 11 is 1.69. The number of carbonyl (C=O) groups is 1. The molecule has 2 aromatic rings. The van der Waals surface area contributed by atoms with E-state index < -0.39 is 10.0 Å². The summed E-state index contributed by atoms with van der Waals surface area (Å²) in [5.41, 5.74) is 0.782. The van der Waals surface area contributed by atoms with E-state index >= 15 is 0 Å². The summed E-state index contributed by atoms with van der Waals surface area (Å²) in [4.78, 5) is 18.2. The lowest BCUT2D eigenvalue weighted by molar-refractivity contribution is -0.134. The van der Waals surface area contributed by atoms with Crippen molar-refractivity contribution in [2.24, 2.45) is 0 Å². The molecule has 32 heavy (non-hydrogen) atoms. The first-order valence-electron chi connectivity index (χ1n) is 11.2. The van der Waals surface area contributed by atoms with Crippen LogP contribution in [0, 0.1) is 0 Å². The van der Waals surface area contributed by atoms with E-state index in [2.05, 4.69) is 16.3 Å². The summed E-state index contributed by atoms with van der Waals surface area (Å²) in [5.74, 6) is 0.0530. The second-order valence-electron chi connectivity index (χ2n) is 8.41. The highest BCUT2D eigenvalue weighted by Gasteiger charge is 2.30. The lowest BCUT2D eigenvalue weighted by Crippen LogP contribution is -2.53. The van der Waals surface area contributed by atoms with Crippen molar-refractivity contribution in [2.75, 3.05) is 45.9 Å². The second-order valence-corrected chi connectivity index (χ2v) is 11.4. The zero-order chi connectivity index (χ0) is 22.4. The van der Waals surface area contributed by atoms with Crippen LogP contribution in [-0.2, 0) is 31.9 Å². The molecule has 0 N–H and O–H groups in total. The maximum atomic E-state index is 13.0. The first-order valence-corrected chi connectivity index (χ1v) is 13.6. The number of nitrogens with zero attached hydrogens (tertiary/aromatic N) is 3. The van der Waals surface area contributed by atoms with E-state index in [1.165, 1.54) is 9.18 Å². The number of amides is 1. The van der Waals surface area contributed by atoms with Gasteiger partial charge in [0, 0.05) is 50.8 Å². The highest BCUT2D eigenvalue weighted by atomic mass is 32.2. The van der Waals surface area contributed by atoms with Gasteiger partial charge < -0.3 is 9.64 Å². The first kappa shape index (κ1) is 23.4. The summed E-state index contributed by atoms with van der Waals surface area (Å²) in [6.07, 6.45) is 2.29. The predicted molar refractivity (Wildman–Crippen MR) is 126 cm³/mol. The molecular formula is C23H31N3O4S2. The molecule has 2 aliphatic rings. The van der Waals surface area contributed by atoms with Gasteiger partial charge in [-0.2, -0.15) is 4.31 Å². The van der Waals surface area contributed by atoms with Gasteiger partial charge in [-0.05, 0) is 29.9 Å². The third kappa shape index (κ3) is 6.39. The molecule has 2 fully saturated rings. The molecule has 0 aliphatic carbocycles. The maximum absolute atomic E-state index is 13.0. The number of rotatable bonds is 9. The van der Waals surface area contributed by atoms with Crippen molar-refractivity contribution < 1.29 is 17.9 Å². The molecule has 1 amide bonds. The van der Waals surface area contributed by atoms with E-state index in [0.29, 0.717) is 32.7 Å². The van der Waals surface area contributed by atoms with Crippen molar-refractivity contribution in [1.29, 1.82) is 0 Å². The molecule has 9 heteroatoms. The molecule has 1 atom stereocenters. The Hall–Kier alpha value is -1.78. The Morgan fingerprint density at radius 3 is 2.53 bits per heavy atom. The molecule has 7 nitrogen and oxygen atoms in total. The average Bonchev–Trinajstić information content (AvgIpc) is 3.49. The van der Waals surface area contributed by atoms with Crippen molar-refractivity contribution in [2.45, 2.75) is 31.2 Å². The minimum absolute atomic E-state index is 0.00222. The van der Waals surface area contributed by atoms with Gasteiger partial charge in [0.2, 0.25) is 15.9 Å². The SMILES string of the molecule is O=C(CN(Cc1cccs1)CC1CCCO1)N1CCN(S(=O)(=O)Cc2ccccc2)CC1. The minimum Gasteiger partial charge on any atom is -0.377 e. The number of carbonyl (C=O) groups excluding carboxylic acids is 1. The Bertz CT molecular complexity index is 952. The highest BCUT2D eigenvalue weighted by Crippen LogP contribution is 2.18. The van der Waals surface area contributed by atoms with Crippen molar-refractivity contribution in [1.82, 2.24) is 14.1 Å². The third-order valence-corrected chi connectivity index (χ3v) is 8.69. The minimum atomic E-state index is -3.39. The molecule has 4 rings (SSSR count). The molecule has 0 radical (unpaired) electrons.